The van der Waals surface area contributed by atoms with Gasteiger partial charge in [0.1, 0.15) is 17.2 Å². The van der Waals surface area contributed by atoms with Crippen LogP contribution in [0.4, 0.5) is 22.7 Å². The summed E-state index contributed by atoms with van der Waals surface area (Å²) in [6.45, 7) is 14.2. The van der Waals surface area contributed by atoms with Crippen molar-refractivity contribution >= 4 is 46.4 Å². The van der Waals surface area contributed by atoms with Crippen LogP contribution >= 0.6 is 0 Å². The average Bonchev–Trinajstić information content (AvgIpc) is 3.12. The highest BCUT2D eigenvalue weighted by atomic mass is 16.6. The van der Waals surface area contributed by atoms with Crippen LogP contribution in [0.15, 0.2) is 72.8 Å². The molecule has 3 N–H and O–H groups in total. The summed E-state index contributed by atoms with van der Waals surface area (Å²) in [4.78, 5) is 63.4. The summed E-state index contributed by atoms with van der Waals surface area (Å²) in [5.41, 5.74) is 1.37. The van der Waals surface area contributed by atoms with Crippen molar-refractivity contribution in [2.24, 2.45) is 0 Å². The molecule has 3 amide bonds. The minimum Gasteiger partial charge on any atom is -0.489 e. The minimum atomic E-state index is -0.587. The third-order valence-electron chi connectivity index (χ3n) is 7.50. The summed E-state index contributed by atoms with van der Waals surface area (Å²) in [5.74, 6) is -1.50. The second-order valence-electron chi connectivity index (χ2n) is 13.6. The number of rotatable bonds is 16. The van der Waals surface area contributed by atoms with Crippen molar-refractivity contribution in [1.29, 1.82) is 0 Å². The van der Waals surface area contributed by atoms with E-state index >= 15 is 0 Å². The van der Waals surface area contributed by atoms with E-state index in [0.29, 0.717) is 5.69 Å². The van der Waals surface area contributed by atoms with Gasteiger partial charge in [-0.25, -0.2) is 4.79 Å². The Bertz CT molecular complexity index is 2110. The van der Waals surface area contributed by atoms with Gasteiger partial charge >= 0.3 is 11.7 Å². The number of hydrogen-bond acceptors (Lipinski definition) is 11. The van der Waals surface area contributed by atoms with E-state index < -0.39 is 28.6 Å². The van der Waals surface area contributed by atoms with Gasteiger partial charge in [0.2, 0.25) is 0 Å². The first-order chi connectivity index (χ1) is 26.4. The zero-order valence-corrected chi connectivity index (χ0v) is 32.7. The van der Waals surface area contributed by atoms with E-state index in [1.54, 1.807) is 47.6 Å². The van der Waals surface area contributed by atoms with Crippen LogP contribution in [0.1, 0.15) is 96.8 Å². The maximum atomic E-state index is 13.6. The molecule has 0 saturated carbocycles. The molecule has 0 fully saturated rings. The lowest BCUT2D eigenvalue weighted by atomic mass is 10.1. The highest BCUT2D eigenvalue weighted by molar-refractivity contribution is 6.09. The van der Waals surface area contributed by atoms with Gasteiger partial charge in [0, 0.05) is 28.8 Å². The highest BCUT2D eigenvalue weighted by Crippen LogP contribution is 2.34. The molecule has 0 radical (unpaired) electrons. The van der Waals surface area contributed by atoms with Gasteiger partial charge in [0.05, 0.1) is 59.1 Å². The van der Waals surface area contributed by atoms with Gasteiger partial charge in [0.25, 0.3) is 17.7 Å². The first-order valence-electron chi connectivity index (χ1n) is 17.8. The molecule has 0 aliphatic heterocycles. The molecule has 0 bridgehead atoms. The lowest BCUT2D eigenvalue weighted by molar-refractivity contribution is -0.386. The van der Waals surface area contributed by atoms with Crippen LogP contribution in [0, 0.1) is 10.1 Å². The summed E-state index contributed by atoms with van der Waals surface area (Å²) < 4.78 is 28.2. The Labute approximate surface area is 324 Å². The number of nitrogens with one attached hydrogen (secondary N) is 3. The molecule has 0 aromatic heterocycles. The van der Waals surface area contributed by atoms with Crippen molar-refractivity contribution < 1.29 is 47.8 Å². The first-order valence-corrected chi connectivity index (χ1v) is 17.8. The Morgan fingerprint density at radius 2 is 0.804 bits per heavy atom. The Kier molecular flexibility index (Phi) is 14.0. The van der Waals surface area contributed by atoms with Crippen LogP contribution in [0.25, 0.3) is 0 Å². The summed E-state index contributed by atoms with van der Waals surface area (Å²) in [6, 6.07) is 17.4. The number of nitrogens with zero attached hydrogens (tertiary/aromatic N) is 1. The molecule has 0 aliphatic carbocycles. The second-order valence-corrected chi connectivity index (χ2v) is 13.6. The lowest BCUT2D eigenvalue weighted by Crippen LogP contribution is -2.18. The number of nitro groups is 1. The molecule has 0 aliphatic rings. The van der Waals surface area contributed by atoms with E-state index in [0.717, 1.165) is 0 Å². The number of carbonyl (C=O) groups excluding carboxylic acids is 4. The zero-order chi connectivity index (χ0) is 41.3. The van der Waals surface area contributed by atoms with Crippen LogP contribution in [0.2, 0.25) is 0 Å². The Morgan fingerprint density at radius 1 is 0.500 bits per heavy atom. The summed E-state index contributed by atoms with van der Waals surface area (Å²) in [6.07, 6.45) is -1.28. The number of anilines is 3. The predicted octanol–water partition coefficient (Wildman–Crippen LogP) is 8.29. The normalized spacial score (nSPS) is 10.9. The Morgan fingerprint density at radius 3 is 1.14 bits per heavy atom. The minimum absolute atomic E-state index is 0.0464. The SMILES string of the molecule is COC(=O)c1ccc(NC(=O)c2ccc(NC(=O)c3ccc(NC(=O)c4ccc([N+](=O)[O-])c(OC(C)C)c4)c(OC(C)C)c3)c(OC(C)C)c2)c(OC(C)C)c1. The maximum Gasteiger partial charge on any atom is 0.337 e. The fraction of sp³-hybridized carbons (Fsp3) is 0.317. The fourth-order valence-corrected chi connectivity index (χ4v) is 5.20. The lowest BCUT2D eigenvalue weighted by Gasteiger charge is -2.19. The smallest absolute Gasteiger partial charge is 0.337 e. The third-order valence-corrected chi connectivity index (χ3v) is 7.50. The van der Waals surface area contributed by atoms with Gasteiger partial charge in [-0.1, -0.05) is 0 Å². The highest BCUT2D eigenvalue weighted by Gasteiger charge is 2.22. The molecule has 56 heavy (non-hydrogen) atoms. The number of hydrogen-bond donors (Lipinski definition) is 3. The monoisotopic (exact) mass is 770 g/mol. The number of nitro benzene ring substituents is 1. The van der Waals surface area contributed by atoms with E-state index in [1.807, 2.05) is 13.8 Å². The molecule has 0 spiro atoms. The quantitative estimate of drug-likeness (QED) is 0.0564. The summed E-state index contributed by atoms with van der Waals surface area (Å²) in [5, 5.41) is 19.9. The van der Waals surface area contributed by atoms with E-state index in [4.69, 9.17) is 23.7 Å². The molecule has 0 saturated heterocycles. The summed E-state index contributed by atoms with van der Waals surface area (Å²) in [7, 11) is 1.27. The van der Waals surface area contributed by atoms with Crippen molar-refractivity contribution in [2.75, 3.05) is 23.1 Å². The van der Waals surface area contributed by atoms with Gasteiger partial charge in [-0.05, 0) is 116 Å². The number of methoxy groups -OCH3 is 1. The molecule has 0 heterocycles. The molecule has 4 aromatic carbocycles. The van der Waals surface area contributed by atoms with Crippen molar-refractivity contribution in [3.63, 3.8) is 0 Å². The van der Waals surface area contributed by atoms with Gasteiger partial charge in [-0.3, -0.25) is 24.5 Å². The van der Waals surface area contributed by atoms with Gasteiger partial charge in [-0.15, -0.1) is 0 Å². The van der Waals surface area contributed by atoms with E-state index in [9.17, 15) is 29.3 Å². The number of amides is 3. The predicted molar refractivity (Wildman–Crippen MR) is 211 cm³/mol. The number of ether oxygens (including phenoxy) is 5. The van der Waals surface area contributed by atoms with Crippen molar-refractivity contribution in [1.82, 2.24) is 0 Å². The van der Waals surface area contributed by atoms with Crippen LogP contribution in [-0.4, -0.2) is 60.1 Å². The Balaban J connectivity index is 1.58. The molecule has 4 aromatic rings. The molecular weight excluding hydrogens is 724 g/mol. The molecule has 0 atom stereocenters. The van der Waals surface area contributed by atoms with Gasteiger partial charge in [0.15, 0.2) is 5.75 Å². The van der Waals surface area contributed by atoms with Gasteiger partial charge in [-0.2, -0.15) is 0 Å². The van der Waals surface area contributed by atoms with Crippen molar-refractivity contribution in [3.8, 4) is 23.0 Å². The molecule has 296 valence electrons. The van der Waals surface area contributed by atoms with E-state index in [2.05, 4.69) is 16.0 Å². The van der Waals surface area contributed by atoms with Crippen molar-refractivity contribution in [2.45, 2.75) is 79.8 Å². The van der Waals surface area contributed by atoms with E-state index in [-0.39, 0.29) is 86.7 Å². The zero-order valence-electron chi connectivity index (χ0n) is 32.7. The fourth-order valence-electron chi connectivity index (χ4n) is 5.20. The topological polar surface area (TPSA) is 194 Å². The molecule has 0 unspecified atom stereocenters. The number of benzene rings is 4. The second kappa shape index (κ2) is 18.6. The maximum absolute atomic E-state index is 13.6. The Hall–Kier alpha value is -6.64. The van der Waals surface area contributed by atoms with Crippen molar-refractivity contribution in [3.05, 3.63) is 105 Å². The number of carbonyl (C=O) groups is 4. The van der Waals surface area contributed by atoms with Crippen LogP contribution in [-0.2, 0) is 4.74 Å². The van der Waals surface area contributed by atoms with Crippen LogP contribution in [0.3, 0.4) is 0 Å². The number of esters is 1. The molecular formula is C41H46N4O11. The molecule has 4 rings (SSSR count). The first kappa shape index (κ1) is 42.1. The molecule has 15 nitrogen and oxygen atoms in total. The standard InChI is InChI=1S/C41H46N4O11/c1-22(2)53-34-19-27(39(47)44-32-16-12-29(41(49)52-9)21-36(32)55-24(5)6)10-14-30(34)42-38(46)26-11-15-31(35(18-26)54-23(3)4)43-40(48)28-13-17-33(45(50)51)37(20-28)56-25(7)8/h10-25H,1-9H3,(H,42,46)(H,43,48)(H,44,47). The largest absolute Gasteiger partial charge is 0.489 e. The van der Waals surface area contributed by atoms with Crippen LogP contribution < -0.4 is 34.9 Å². The van der Waals surface area contributed by atoms with Gasteiger partial charge < -0.3 is 39.6 Å². The van der Waals surface area contributed by atoms with Crippen LogP contribution in [0.5, 0.6) is 23.0 Å². The third kappa shape index (κ3) is 11.2. The average molecular weight is 771 g/mol. The van der Waals surface area contributed by atoms with E-state index in [1.165, 1.54) is 73.8 Å². The summed E-state index contributed by atoms with van der Waals surface area (Å²) >= 11 is 0. The molecule has 15 heteroatoms.